The Kier molecular flexibility index (Phi) is 5.01. The monoisotopic (exact) mass is 333 g/mol. The maximum absolute atomic E-state index is 5.97. The zero-order valence-corrected chi connectivity index (χ0v) is 14.9. The van der Waals surface area contributed by atoms with Crippen LogP contribution in [-0.2, 0) is 9.57 Å². The molecule has 1 N–H and O–H groups in total. The largest absolute Gasteiger partial charge is 0.489 e. The van der Waals surface area contributed by atoms with Crippen molar-refractivity contribution < 1.29 is 19.0 Å². The summed E-state index contributed by atoms with van der Waals surface area (Å²) in [4.78, 5) is 5.76. The molecule has 0 bridgehead atoms. The Morgan fingerprint density at radius 2 is 2.04 bits per heavy atom. The van der Waals surface area contributed by atoms with Crippen molar-refractivity contribution in [1.29, 1.82) is 0 Å². The van der Waals surface area contributed by atoms with Crippen LogP contribution in [0.5, 0.6) is 11.5 Å². The minimum atomic E-state index is -0.332. The van der Waals surface area contributed by atoms with Gasteiger partial charge < -0.3 is 14.2 Å². The molecule has 2 aliphatic heterocycles. The molecule has 1 aromatic rings. The van der Waals surface area contributed by atoms with Crippen molar-refractivity contribution in [3.63, 3.8) is 0 Å². The fourth-order valence-corrected chi connectivity index (χ4v) is 2.77. The van der Waals surface area contributed by atoms with E-state index in [1.165, 1.54) is 0 Å². The van der Waals surface area contributed by atoms with Gasteiger partial charge in [0.1, 0.15) is 5.60 Å². The fourth-order valence-electron chi connectivity index (χ4n) is 2.77. The lowest BCUT2D eigenvalue weighted by Crippen LogP contribution is -2.29. The Balaban J connectivity index is 1.84. The Labute approximate surface area is 143 Å². The number of rotatable bonds is 6. The molecule has 3 rings (SSSR count). The van der Waals surface area contributed by atoms with Crippen LogP contribution in [0.2, 0.25) is 0 Å². The average Bonchev–Trinajstić information content (AvgIpc) is 3.16. The van der Waals surface area contributed by atoms with Crippen LogP contribution in [-0.4, -0.2) is 31.5 Å². The quantitative estimate of drug-likeness (QED) is 0.863. The first kappa shape index (κ1) is 17.1. The van der Waals surface area contributed by atoms with Crippen LogP contribution < -0.4 is 15.0 Å². The van der Waals surface area contributed by atoms with Crippen molar-refractivity contribution in [2.75, 3.05) is 19.8 Å². The second kappa shape index (κ2) is 7.03. The van der Waals surface area contributed by atoms with Crippen molar-refractivity contribution in [3.05, 3.63) is 29.8 Å². The molecule has 0 amide bonds. The average molecular weight is 333 g/mol. The second-order valence-electron chi connectivity index (χ2n) is 7.16. The molecule has 0 saturated carbocycles. The third-order valence-electron chi connectivity index (χ3n) is 3.98. The molecular formula is C19H27NO4. The van der Waals surface area contributed by atoms with Gasteiger partial charge in [0.05, 0.1) is 25.0 Å². The molecular weight excluding hydrogens is 306 g/mol. The lowest BCUT2D eigenvalue weighted by atomic mass is 10.0. The van der Waals surface area contributed by atoms with E-state index >= 15 is 0 Å². The molecule has 1 fully saturated rings. The topological polar surface area (TPSA) is 49.0 Å². The Bertz CT molecular complexity index is 603. The van der Waals surface area contributed by atoms with E-state index in [9.17, 15) is 0 Å². The Hall–Kier alpha value is -1.72. The number of hydrogen-bond acceptors (Lipinski definition) is 5. The van der Waals surface area contributed by atoms with E-state index in [-0.39, 0.29) is 11.7 Å². The van der Waals surface area contributed by atoms with Crippen LogP contribution in [0.4, 0.5) is 0 Å². The van der Waals surface area contributed by atoms with Gasteiger partial charge >= 0.3 is 0 Å². The summed E-state index contributed by atoms with van der Waals surface area (Å²) in [6.07, 6.45) is 3.09. The summed E-state index contributed by atoms with van der Waals surface area (Å²) < 4.78 is 17.3. The van der Waals surface area contributed by atoms with Gasteiger partial charge in [-0.3, -0.25) is 10.3 Å². The van der Waals surface area contributed by atoms with Crippen molar-refractivity contribution in [1.82, 2.24) is 5.48 Å². The molecule has 132 valence electrons. The minimum Gasteiger partial charge on any atom is -0.489 e. The van der Waals surface area contributed by atoms with Crippen LogP contribution in [0.3, 0.4) is 0 Å². The van der Waals surface area contributed by atoms with E-state index in [4.69, 9.17) is 19.0 Å². The van der Waals surface area contributed by atoms with Crippen molar-refractivity contribution in [2.45, 2.75) is 45.8 Å². The number of ether oxygens (including phenoxy) is 3. The molecule has 1 spiro atoms. The highest BCUT2D eigenvalue weighted by Gasteiger charge is 2.39. The first-order valence-electron chi connectivity index (χ1n) is 8.66. The second-order valence-corrected chi connectivity index (χ2v) is 7.16. The van der Waals surface area contributed by atoms with Crippen molar-refractivity contribution in [3.8, 4) is 11.5 Å². The van der Waals surface area contributed by atoms with Gasteiger partial charge in [-0.15, -0.1) is 0 Å². The zero-order valence-electron chi connectivity index (χ0n) is 14.9. The van der Waals surface area contributed by atoms with E-state index in [0.29, 0.717) is 19.1 Å². The molecule has 1 saturated heterocycles. The summed E-state index contributed by atoms with van der Waals surface area (Å²) in [5, 5.41) is 0. The fraction of sp³-hybridized carbons (Fsp3) is 0.579. The summed E-state index contributed by atoms with van der Waals surface area (Å²) in [6.45, 7) is 10.3. The van der Waals surface area contributed by atoms with Gasteiger partial charge in [-0.05, 0) is 44.0 Å². The molecule has 24 heavy (non-hydrogen) atoms. The summed E-state index contributed by atoms with van der Waals surface area (Å²) in [5.41, 5.74) is 4.68. The highest BCUT2D eigenvalue weighted by Crippen LogP contribution is 2.36. The van der Waals surface area contributed by atoms with Gasteiger partial charge in [0, 0.05) is 18.6 Å². The Morgan fingerprint density at radius 3 is 2.71 bits per heavy atom. The molecule has 0 aliphatic carbocycles. The molecule has 0 radical (unpaired) electrons. The normalized spacial score (nSPS) is 23.0. The van der Waals surface area contributed by atoms with Crippen molar-refractivity contribution in [2.24, 2.45) is 5.92 Å². The molecule has 5 nitrogen and oxygen atoms in total. The van der Waals surface area contributed by atoms with Gasteiger partial charge in [-0.1, -0.05) is 13.8 Å². The van der Waals surface area contributed by atoms with Gasteiger partial charge in [-0.2, -0.15) is 0 Å². The first-order chi connectivity index (χ1) is 11.5. The predicted octanol–water partition coefficient (Wildman–Crippen LogP) is 3.54. The SMILES string of the molecule is CC(C)COc1cc(C2=CC3(CCOC3)ON2)ccc1OC(C)C. The smallest absolute Gasteiger partial charge is 0.161 e. The van der Waals surface area contributed by atoms with E-state index < -0.39 is 0 Å². The minimum absolute atomic E-state index is 0.100. The highest BCUT2D eigenvalue weighted by atomic mass is 16.7. The maximum atomic E-state index is 5.97. The van der Waals surface area contributed by atoms with Crippen LogP contribution in [0.15, 0.2) is 24.3 Å². The number of benzene rings is 1. The van der Waals surface area contributed by atoms with Gasteiger partial charge in [0.2, 0.25) is 0 Å². The van der Waals surface area contributed by atoms with Crippen molar-refractivity contribution >= 4 is 5.70 Å². The van der Waals surface area contributed by atoms with Crippen LogP contribution in [0, 0.1) is 5.92 Å². The molecule has 1 aromatic carbocycles. The summed E-state index contributed by atoms with van der Waals surface area (Å²) in [7, 11) is 0. The van der Waals surface area contributed by atoms with E-state index in [1.807, 2.05) is 32.0 Å². The number of nitrogens with one attached hydrogen (secondary N) is 1. The van der Waals surface area contributed by atoms with Crippen LogP contribution >= 0.6 is 0 Å². The third kappa shape index (κ3) is 3.84. The molecule has 5 heteroatoms. The lowest BCUT2D eigenvalue weighted by Gasteiger charge is -2.17. The predicted molar refractivity (Wildman–Crippen MR) is 92.9 cm³/mol. The number of hydrogen-bond donors (Lipinski definition) is 1. The lowest BCUT2D eigenvalue weighted by molar-refractivity contribution is -0.0373. The third-order valence-corrected chi connectivity index (χ3v) is 3.98. The van der Waals surface area contributed by atoms with E-state index in [2.05, 4.69) is 25.4 Å². The standard InChI is InChI=1S/C19H27NO4/c1-13(2)11-22-18-9-15(5-6-17(18)23-14(3)4)16-10-19(24-20-16)7-8-21-12-19/h5-6,9-10,13-14,20H,7-8,11-12H2,1-4H3. The highest BCUT2D eigenvalue weighted by molar-refractivity contribution is 5.68. The number of hydroxylamine groups is 1. The van der Waals surface area contributed by atoms with Crippen LogP contribution in [0.1, 0.15) is 39.7 Å². The Morgan fingerprint density at radius 1 is 1.21 bits per heavy atom. The summed E-state index contributed by atoms with van der Waals surface area (Å²) >= 11 is 0. The molecule has 2 heterocycles. The maximum Gasteiger partial charge on any atom is 0.161 e. The van der Waals surface area contributed by atoms with E-state index in [0.717, 1.165) is 35.8 Å². The van der Waals surface area contributed by atoms with Gasteiger partial charge in [-0.25, -0.2) is 0 Å². The molecule has 1 atom stereocenters. The molecule has 1 unspecified atom stereocenters. The van der Waals surface area contributed by atoms with Crippen LogP contribution in [0.25, 0.3) is 5.70 Å². The summed E-state index contributed by atoms with van der Waals surface area (Å²) in [5.74, 6) is 1.99. The first-order valence-corrected chi connectivity index (χ1v) is 8.66. The van der Waals surface area contributed by atoms with Gasteiger partial charge in [0.15, 0.2) is 11.5 Å². The van der Waals surface area contributed by atoms with Gasteiger partial charge in [0.25, 0.3) is 0 Å². The summed E-state index contributed by atoms with van der Waals surface area (Å²) in [6, 6.07) is 6.00. The molecule has 2 aliphatic rings. The zero-order chi connectivity index (χ0) is 17.2. The molecule has 0 aromatic heterocycles. The van der Waals surface area contributed by atoms with E-state index in [1.54, 1.807) is 0 Å².